The van der Waals surface area contributed by atoms with Crippen molar-refractivity contribution in [2.75, 3.05) is 14.2 Å². The van der Waals surface area contributed by atoms with Gasteiger partial charge >= 0.3 is 0 Å². The highest BCUT2D eigenvalue weighted by Gasteiger charge is 2.19. The first kappa shape index (κ1) is 11.8. The van der Waals surface area contributed by atoms with E-state index in [1.165, 1.54) is 26.4 Å². The second kappa shape index (κ2) is 4.32. The molecule has 2 aromatic heterocycles. The predicted molar refractivity (Wildman–Crippen MR) is 59.5 cm³/mol. The van der Waals surface area contributed by atoms with Gasteiger partial charge in [-0.1, -0.05) is 0 Å². The van der Waals surface area contributed by atoms with Crippen LogP contribution in [-0.4, -0.2) is 44.1 Å². The standard InChI is InChI=1S/C10H11N3O5/c1-17-8-7(16)9(18-2)12-10(11-8)13-5(14)3-4-6(13)15/h3-4,14-16H,1-2H3. The highest BCUT2D eigenvalue weighted by atomic mass is 16.5. The van der Waals surface area contributed by atoms with Crippen LogP contribution in [0.15, 0.2) is 12.1 Å². The molecule has 0 saturated heterocycles. The third kappa shape index (κ3) is 1.73. The summed E-state index contributed by atoms with van der Waals surface area (Å²) in [5.41, 5.74) is 0. The van der Waals surface area contributed by atoms with Gasteiger partial charge in [-0.2, -0.15) is 9.97 Å². The van der Waals surface area contributed by atoms with Crippen LogP contribution in [0.1, 0.15) is 0 Å². The normalized spacial score (nSPS) is 10.3. The molecule has 96 valence electrons. The van der Waals surface area contributed by atoms with E-state index in [9.17, 15) is 15.3 Å². The average molecular weight is 253 g/mol. The molecule has 0 unspecified atom stereocenters. The van der Waals surface area contributed by atoms with Crippen LogP contribution in [0.4, 0.5) is 0 Å². The maximum absolute atomic E-state index is 9.64. The molecule has 0 aromatic carbocycles. The minimum Gasteiger partial charge on any atom is -0.499 e. The maximum atomic E-state index is 9.64. The molecule has 8 heteroatoms. The summed E-state index contributed by atoms with van der Waals surface area (Å²) in [6.45, 7) is 0. The zero-order valence-corrected chi connectivity index (χ0v) is 9.65. The summed E-state index contributed by atoms with van der Waals surface area (Å²) in [7, 11) is 2.61. The predicted octanol–water partition coefficient (Wildman–Crippen LogP) is 0.401. The first-order valence-corrected chi connectivity index (χ1v) is 4.87. The van der Waals surface area contributed by atoms with Crippen molar-refractivity contribution in [1.29, 1.82) is 0 Å². The Bertz CT molecular complexity index is 536. The molecular formula is C10H11N3O5. The van der Waals surface area contributed by atoms with Gasteiger partial charge in [0.25, 0.3) is 11.8 Å². The van der Waals surface area contributed by atoms with Crippen molar-refractivity contribution < 1.29 is 24.8 Å². The maximum Gasteiger partial charge on any atom is 0.265 e. The molecule has 0 spiro atoms. The number of aromatic nitrogens is 3. The Balaban J connectivity index is 2.65. The van der Waals surface area contributed by atoms with Gasteiger partial charge in [0.2, 0.25) is 23.5 Å². The smallest absolute Gasteiger partial charge is 0.265 e. The molecule has 2 aromatic rings. The quantitative estimate of drug-likeness (QED) is 0.726. The molecular weight excluding hydrogens is 242 g/mol. The lowest BCUT2D eigenvalue weighted by Gasteiger charge is -2.10. The van der Waals surface area contributed by atoms with Gasteiger partial charge in [0, 0.05) is 12.1 Å². The molecule has 2 heterocycles. The van der Waals surface area contributed by atoms with Crippen molar-refractivity contribution in [3.8, 4) is 35.2 Å². The van der Waals surface area contributed by atoms with Crippen molar-refractivity contribution in [3.05, 3.63) is 12.1 Å². The molecule has 0 amide bonds. The van der Waals surface area contributed by atoms with E-state index in [4.69, 9.17) is 9.47 Å². The Morgan fingerprint density at radius 3 is 1.78 bits per heavy atom. The average Bonchev–Trinajstić information content (AvgIpc) is 2.70. The third-order valence-corrected chi connectivity index (χ3v) is 2.23. The van der Waals surface area contributed by atoms with E-state index in [2.05, 4.69) is 9.97 Å². The van der Waals surface area contributed by atoms with Crippen molar-refractivity contribution in [3.63, 3.8) is 0 Å². The van der Waals surface area contributed by atoms with Gasteiger partial charge in [-0.3, -0.25) is 0 Å². The number of aromatic hydroxyl groups is 3. The van der Waals surface area contributed by atoms with Crippen LogP contribution in [0.2, 0.25) is 0 Å². The zero-order chi connectivity index (χ0) is 13.3. The topological polar surface area (TPSA) is 110 Å². The van der Waals surface area contributed by atoms with Gasteiger partial charge in [0.1, 0.15) is 0 Å². The summed E-state index contributed by atoms with van der Waals surface area (Å²) < 4.78 is 10.7. The van der Waals surface area contributed by atoms with Crippen LogP contribution < -0.4 is 9.47 Å². The van der Waals surface area contributed by atoms with Gasteiger partial charge in [-0.05, 0) is 0 Å². The zero-order valence-electron chi connectivity index (χ0n) is 9.65. The van der Waals surface area contributed by atoms with E-state index >= 15 is 0 Å². The van der Waals surface area contributed by atoms with Crippen LogP contribution in [0.3, 0.4) is 0 Å². The Hall–Kier alpha value is -2.64. The molecule has 0 fully saturated rings. The second-order valence-corrected chi connectivity index (χ2v) is 3.28. The number of methoxy groups -OCH3 is 2. The molecule has 0 aliphatic carbocycles. The van der Waals surface area contributed by atoms with Crippen LogP contribution in [0.25, 0.3) is 5.95 Å². The molecule has 0 aliphatic rings. The van der Waals surface area contributed by atoms with Crippen LogP contribution in [0, 0.1) is 0 Å². The summed E-state index contributed by atoms with van der Waals surface area (Å²) in [6, 6.07) is 2.54. The number of rotatable bonds is 3. The monoisotopic (exact) mass is 253 g/mol. The molecule has 0 bridgehead atoms. The van der Waals surface area contributed by atoms with Gasteiger partial charge in [0.15, 0.2) is 0 Å². The minimum absolute atomic E-state index is 0.0958. The molecule has 0 atom stereocenters. The van der Waals surface area contributed by atoms with Gasteiger partial charge in [0.05, 0.1) is 14.2 Å². The highest BCUT2D eigenvalue weighted by Crippen LogP contribution is 2.35. The van der Waals surface area contributed by atoms with E-state index in [1.54, 1.807) is 0 Å². The van der Waals surface area contributed by atoms with Gasteiger partial charge in [-0.25, -0.2) is 4.57 Å². The Labute approximate surface area is 102 Å². The second-order valence-electron chi connectivity index (χ2n) is 3.28. The van der Waals surface area contributed by atoms with E-state index < -0.39 is 0 Å². The fraction of sp³-hybridized carbons (Fsp3) is 0.200. The number of ether oxygens (including phenoxy) is 2. The van der Waals surface area contributed by atoms with Crippen LogP contribution in [-0.2, 0) is 0 Å². The molecule has 0 radical (unpaired) electrons. The molecule has 3 N–H and O–H groups in total. The molecule has 8 nitrogen and oxygen atoms in total. The highest BCUT2D eigenvalue weighted by molar-refractivity contribution is 5.45. The van der Waals surface area contributed by atoms with E-state index in [0.29, 0.717) is 0 Å². The van der Waals surface area contributed by atoms with Crippen molar-refractivity contribution in [1.82, 2.24) is 14.5 Å². The van der Waals surface area contributed by atoms with Crippen LogP contribution in [0.5, 0.6) is 29.3 Å². The largest absolute Gasteiger partial charge is 0.499 e. The van der Waals surface area contributed by atoms with Crippen molar-refractivity contribution in [2.45, 2.75) is 0 Å². The Morgan fingerprint density at radius 1 is 0.944 bits per heavy atom. The molecule has 18 heavy (non-hydrogen) atoms. The number of hydrogen-bond donors (Lipinski definition) is 3. The van der Waals surface area contributed by atoms with Gasteiger partial charge < -0.3 is 24.8 Å². The first-order chi connectivity index (χ1) is 8.58. The Morgan fingerprint density at radius 2 is 1.39 bits per heavy atom. The summed E-state index contributed by atoms with van der Waals surface area (Å²) in [5, 5.41) is 28.8. The van der Waals surface area contributed by atoms with E-state index in [1.807, 2.05) is 0 Å². The lowest BCUT2D eigenvalue weighted by Crippen LogP contribution is -2.04. The summed E-state index contributed by atoms with van der Waals surface area (Å²) >= 11 is 0. The summed E-state index contributed by atoms with van der Waals surface area (Å²) in [6.07, 6.45) is 0. The number of hydrogen-bond acceptors (Lipinski definition) is 7. The SMILES string of the molecule is COc1nc(-n2c(O)ccc2O)nc(OC)c1O. The summed E-state index contributed by atoms with van der Waals surface area (Å²) in [4.78, 5) is 7.69. The minimum atomic E-state index is -0.366. The lowest BCUT2D eigenvalue weighted by atomic mass is 10.5. The van der Waals surface area contributed by atoms with Crippen molar-refractivity contribution >= 4 is 0 Å². The van der Waals surface area contributed by atoms with Gasteiger partial charge in [-0.15, -0.1) is 0 Å². The lowest BCUT2D eigenvalue weighted by molar-refractivity contribution is 0.317. The van der Waals surface area contributed by atoms with E-state index in [-0.39, 0.29) is 35.2 Å². The molecule has 2 rings (SSSR count). The third-order valence-electron chi connectivity index (χ3n) is 2.23. The number of nitrogens with zero attached hydrogens (tertiary/aromatic N) is 3. The Kier molecular flexibility index (Phi) is 2.84. The molecule has 0 aliphatic heterocycles. The fourth-order valence-electron chi connectivity index (χ4n) is 1.41. The van der Waals surface area contributed by atoms with Crippen molar-refractivity contribution in [2.24, 2.45) is 0 Å². The first-order valence-electron chi connectivity index (χ1n) is 4.87. The summed E-state index contributed by atoms with van der Waals surface area (Å²) in [5.74, 6) is -1.25. The molecule has 0 saturated carbocycles. The van der Waals surface area contributed by atoms with Crippen LogP contribution >= 0.6 is 0 Å². The fourth-order valence-corrected chi connectivity index (χ4v) is 1.41. The van der Waals surface area contributed by atoms with E-state index in [0.717, 1.165) is 4.57 Å².